The molecular weight excluding hydrogens is 420 g/mol. The summed E-state index contributed by atoms with van der Waals surface area (Å²) < 4.78 is 12.0. The highest BCUT2D eigenvalue weighted by Crippen LogP contribution is 2.25. The average Bonchev–Trinajstić information content (AvgIpc) is 2.69. The van der Waals surface area contributed by atoms with Crippen LogP contribution < -0.4 is 10.2 Å². The summed E-state index contributed by atoms with van der Waals surface area (Å²) in [5.74, 6) is -0.133. The van der Waals surface area contributed by atoms with Crippen LogP contribution in [0.25, 0.3) is 22.1 Å². The molecule has 138 valence electrons. The monoisotopic (exact) mass is 434 g/mol. The van der Waals surface area contributed by atoms with Crippen molar-refractivity contribution in [2.24, 2.45) is 0 Å². The van der Waals surface area contributed by atoms with Gasteiger partial charge in [0.2, 0.25) is 0 Å². The Morgan fingerprint density at radius 2 is 1.75 bits per heavy atom. The molecule has 5 heteroatoms. The van der Waals surface area contributed by atoms with Gasteiger partial charge in [-0.2, -0.15) is 0 Å². The zero-order valence-corrected chi connectivity index (χ0v) is 16.5. The Kier molecular flexibility index (Phi) is 4.84. The zero-order valence-electron chi connectivity index (χ0n) is 14.9. The maximum absolute atomic E-state index is 12.8. The number of benzene rings is 3. The molecule has 0 amide bonds. The molecule has 28 heavy (non-hydrogen) atoms. The minimum atomic E-state index is -0.453. The molecule has 0 aliphatic heterocycles. The highest BCUT2D eigenvalue weighted by Gasteiger charge is 2.14. The molecule has 0 radical (unpaired) electrons. The quantitative estimate of drug-likeness (QED) is 0.304. The summed E-state index contributed by atoms with van der Waals surface area (Å²) in [5.41, 5.74) is 2.80. The molecule has 4 nitrogen and oxygen atoms in total. The van der Waals surface area contributed by atoms with Crippen LogP contribution in [0.3, 0.4) is 0 Å². The van der Waals surface area contributed by atoms with Crippen molar-refractivity contribution in [3.05, 3.63) is 98.8 Å². The lowest BCUT2D eigenvalue weighted by atomic mass is 10.1. The Balaban J connectivity index is 1.68. The molecule has 0 saturated carbocycles. The van der Waals surface area contributed by atoms with Crippen molar-refractivity contribution in [1.29, 1.82) is 0 Å². The predicted molar refractivity (Wildman–Crippen MR) is 112 cm³/mol. The number of aryl methyl sites for hydroxylation is 1. The van der Waals surface area contributed by atoms with Gasteiger partial charge in [0.15, 0.2) is 5.43 Å². The van der Waals surface area contributed by atoms with Crippen LogP contribution in [0, 0.1) is 6.92 Å². The minimum absolute atomic E-state index is 0.139. The Bertz CT molecular complexity index is 1240. The molecule has 0 aliphatic carbocycles. The fraction of sp³-hybridized carbons (Fsp3) is 0.0435. The van der Waals surface area contributed by atoms with Gasteiger partial charge in [-0.25, -0.2) is 4.79 Å². The van der Waals surface area contributed by atoms with Crippen molar-refractivity contribution >= 4 is 32.9 Å². The Labute approximate surface area is 169 Å². The zero-order chi connectivity index (χ0) is 19.7. The predicted octanol–water partition coefficient (Wildman–Crippen LogP) is 5.75. The molecule has 3 aromatic carbocycles. The van der Waals surface area contributed by atoms with E-state index in [1.165, 1.54) is 6.26 Å². The summed E-state index contributed by atoms with van der Waals surface area (Å²) in [7, 11) is 0. The van der Waals surface area contributed by atoms with Gasteiger partial charge in [0, 0.05) is 10.5 Å². The van der Waals surface area contributed by atoms with Gasteiger partial charge < -0.3 is 9.15 Å². The first-order valence-corrected chi connectivity index (χ1v) is 9.41. The first kappa shape index (κ1) is 18.2. The van der Waals surface area contributed by atoms with Crippen molar-refractivity contribution in [1.82, 2.24) is 0 Å². The molecule has 0 fully saturated rings. The lowest BCUT2D eigenvalue weighted by Crippen LogP contribution is -2.10. The fourth-order valence-electron chi connectivity index (χ4n) is 2.96. The third-order valence-corrected chi connectivity index (χ3v) is 5.01. The Morgan fingerprint density at radius 3 is 2.50 bits per heavy atom. The van der Waals surface area contributed by atoms with E-state index in [1.54, 1.807) is 30.3 Å². The van der Waals surface area contributed by atoms with Gasteiger partial charge in [-0.3, -0.25) is 4.79 Å². The maximum atomic E-state index is 12.8. The molecule has 4 aromatic rings. The Hall–Kier alpha value is -3.18. The van der Waals surface area contributed by atoms with Crippen LogP contribution in [0.2, 0.25) is 0 Å². The third-order valence-electron chi connectivity index (χ3n) is 4.48. The van der Waals surface area contributed by atoms with Gasteiger partial charge in [0.1, 0.15) is 17.6 Å². The number of ether oxygens (including phenoxy) is 1. The van der Waals surface area contributed by atoms with Crippen LogP contribution in [0.15, 0.2) is 86.7 Å². The largest absolute Gasteiger partial charge is 0.463 e. The maximum Gasteiger partial charge on any atom is 0.343 e. The van der Waals surface area contributed by atoms with Gasteiger partial charge in [-0.05, 0) is 48.4 Å². The summed E-state index contributed by atoms with van der Waals surface area (Å²) in [6.45, 7) is 1.85. The van der Waals surface area contributed by atoms with Crippen LogP contribution in [-0.2, 0) is 0 Å². The summed E-state index contributed by atoms with van der Waals surface area (Å²) in [6.07, 6.45) is 1.43. The number of hydrogen-bond acceptors (Lipinski definition) is 4. The molecule has 0 saturated heterocycles. The first-order chi connectivity index (χ1) is 13.5. The van der Waals surface area contributed by atoms with E-state index >= 15 is 0 Å². The number of hydrogen-bond donors (Lipinski definition) is 0. The van der Waals surface area contributed by atoms with E-state index in [2.05, 4.69) is 15.9 Å². The van der Waals surface area contributed by atoms with E-state index < -0.39 is 5.97 Å². The summed E-state index contributed by atoms with van der Waals surface area (Å²) in [6, 6.07) is 19.4. The van der Waals surface area contributed by atoms with E-state index in [-0.39, 0.29) is 5.43 Å². The van der Waals surface area contributed by atoms with E-state index in [4.69, 9.17) is 9.15 Å². The molecular formula is C23H15BrO4. The van der Waals surface area contributed by atoms with Crippen molar-refractivity contribution in [3.8, 4) is 16.9 Å². The second-order valence-corrected chi connectivity index (χ2v) is 7.26. The second-order valence-electron chi connectivity index (χ2n) is 6.35. The normalized spacial score (nSPS) is 10.8. The van der Waals surface area contributed by atoms with E-state index in [9.17, 15) is 9.59 Å². The molecule has 0 spiro atoms. The molecule has 4 rings (SSSR count). The van der Waals surface area contributed by atoms with Crippen molar-refractivity contribution in [3.63, 3.8) is 0 Å². The molecule has 0 bridgehead atoms. The molecule has 0 unspecified atom stereocenters. The summed E-state index contributed by atoms with van der Waals surface area (Å²) in [5, 5.41) is 0.427. The molecule has 0 atom stereocenters. The topological polar surface area (TPSA) is 56.5 Å². The number of esters is 1. The van der Waals surface area contributed by atoms with Gasteiger partial charge >= 0.3 is 5.97 Å². The molecule has 1 heterocycles. The lowest BCUT2D eigenvalue weighted by molar-refractivity contribution is 0.0734. The number of rotatable bonds is 3. The standard InChI is InChI=1S/C23H15BrO4/c1-14-4-2-3-5-18(14)23(26)28-17-10-11-19-21(12-17)27-13-20(22(19)25)15-6-8-16(24)9-7-15/h2-13H,1H3. The third kappa shape index (κ3) is 3.49. The van der Waals surface area contributed by atoms with Gasteiger partial charge in [-0.15, -0.1) is 0 Å². The van der Waals surface area contributed by atoms with Crippen LogP contribution in [0.1, 0.15) is 15.9 Å². The second kappa shape index (κ2) is 7.44. The van der Waals surface area contributed by atoms with Gasteiger partial charge in [0.25, 0.3) is 0 Å². The smallest absolute Gasteiger partial charge is 0.343 e. The molecule has 0 aliphatic rings. The highest BCUT2D eigenvalue weighted by atomic mass is 79.9. The fourth-order valence-corrected chi connectivity index (χ4v) is 3.23. The van der Waals surface area contributed by atoms with E-state index in [0.29, 0.717) is 27.8 Å². The van der Waals surface area contributed by atoms with E-state index in [1.807, 2.05) is 43.3 Å². The van der Waals surface area contributed by atoms with Crippen LogP contribution in [0.4, 0.5) is 0 Å². The number of carbonyl (C=O) groups is 1. The number of fused-ring (bicyclic) bond motifs is 1. The SMILES string of the molecule is Cc1ccccc1C(=O)Oc1ccc2c(=O)c(-c3ccc(Br)cc3)coc2c1. The van der Waals surface area contributed by atoms with Crippen molar-refractivity contribution in [2.75, 3.05) is 0 Å². The van der Waals surface area contributed by atoms with E-state index in [0.717, 1.165) is 15.6 Å². The Morgan fingerprint density at radius 1 is 1.00 bits per heavy atom. The van der Waals surface area contributed by atoms with Crippen LogP contribution in [0.5, 0.6) is 5.75 Å². The summed E-state index contributed by atoms with van der Waals surface area (Å²) in [4.78, 5) is 25.2. The van der Waals surface area contributed by atoms with Crippen molar-refractivity contribution in [2.45, 2.75) is 6.92 Å². The number of halogens is 1. The number of carbonyl (C=O) groups excluding carboxylic acids is 1. The first-order valence-electron chi connectivity index (χ1n) is 8.62. The van der Waals surface area contributed by atoms with Crippen molar-refractivity contribution < 1.29 is 13.9 Å². The lowest BCUT2D eigenvalue weighted by Gasteiger charge is -2.08. The van der Waals surface area contributed by atoms with Crippen LogP contribution in [-0.4, -0.2) is 5.97 Å². The minimum Gasteiger partial charge on any atom is -0.463 e. The molecule has 1 aromatic heterocycles. The average molecular weight is 435 g/mol. The molecule has 0 N–H and O–H groups in total. The van der Waals surface area contributed by atoms with Gasteiger partial charge in [-0.1, -0.05) is 46.3 Å². The highest BCUT2D eigenvalue weighted by molar-refractivity contribution is 9.10. The van der Waals surface area contributed by atoms with Crippen LogP contribution >= 0.6 is 15.9 Å². The van der Waals surface area contributed by atoms with Gasteiger partial charge in [0.05, 0.1) is 16.5 Å². The summed E-state index contributed by atoms with van der Waals surface area (Å²) >= 11 is 3.38.